The van der Waals surface area contributed by atoms with Gasteiger partial charge < -0.3 is 0 Å². The number of nitrogens with one attached hydrogen (secondary N) is 1. The lowest BCUT2D eigenvalue weighted by Crippen LogP contribution is -2.34. The molecule has 0 aromatic heterocycles. The van der Waals surface area contributed by atoms with Gasteiger partial charge in [0.25, 0.3) is 0 Å². The van der Waals surface area contributed by atoms with Crippen molar-refractivity contribution in [3.05, 3.63) is 29.8 Å². The summed E-state index contributed by atoms with van der Waals surface area (Å²) in [4.78, 5) is 0.330. The van der Waals surface area contributed by atoms with E-state index >= 15 is 0 Å². The third-order valence-electron chi connectivity index (χ3n) is 3.59. The molecule has 5 heteroatoms. The van der Waals surface area contributed by atoms with Crippen LogP contribution in [0.1, 0.15) is 52.0 Å². The quantitative estimate of drug-likeness (QED) is 0.511. The molecule has 1 aromatic carbocycles. The third kappa shape index (κ3) is 6.49. The fourth-order valence-electron chi connectivity index (χ4n) is 2.07. The van der Waals surface area contributed by atoms with E-state index in [2.05, 4.69) is 41.4 Å². The molecule has 0 amide bonds. The van der Waals surface area contributed by atoms with Gasteiger partial charge in [-0.1, -0.05) is 68.1 Å². The van der Waals surface area contributed by atoms with Crippen LogP contribution in [-0.4, -0.2) is 15.0 Å². The minimum Gasteiger partial charge on any atom is -0.211 e. The first kappa shape index (κ1) is 18.7. The molecule has 0 aliphatic rings. The van der Waals surface area contributed by atoms with Crippen LogP contribution in [0, 0.1) is 5.41 Å². The van der Waals surface area contributed by atoms with E-state index in [0.717, 1.165) is 23.7 Å². The van der Waals surface area contributed by atoms with Crippen molar-refractivity contribution < 1.29 is 8.42 Å². The molecule has 0 saturated heterocycles. The highest BCUT2D eigenvalue weighted by Crippen LogP contribution is 2.23. The van der Waals surface area contributed by atoms with Gasteiger partial charge in [-0.2, -0.15) is 0 Å². The Labute approximate surface area is 137 Å². The van der Waals surface area contributed by atoms with Crippen molar-refractivity contribution in [2.45, 2.75) is 56.7 Å². The topological polar surface area (TPSA) is 46.2 Å². The van der Waals surface area contributed by atoms with Crippen LogP contribution >= 0.6 is 15.9 Å². The monoisotopic (exact) mass is 375 g/mol. The average Bonchev–Trinajstić information content (AvgIpc) is 2.46. The van der Waals surface area contributed by atoms with E-state index in [4.69, 9.17) is 0 Å². The minimum atomic E-state index is -3.41. The zero-order valence-corrected chi connectivity index (χ0v) is 15.6. The molecule has 0 fully saturated rings. The second kappa shape index (κ2) is 8.30. The molecule has 0 atom stereocenters. The van der Waals surface area contributed by atoms with Crippen molar-refractivity contribution in [3.63, 3.8) is 0 Å². The Kier molecular flexibility index (Phi) is 7.37. The molecule has 21 heavy (non-hydrogen) atoms. The van der Waals surface area contributed by atoms with Crippen LogP contribution in [0.5, 0.6) is 0 Å². The summed E-state index contributed by atoms with van der Waals surface area (Å²) < 4.78 is 27.3. The maximum Gasteiger partial charge on any atom is 0.240 e. The maximum absolute atomic E-state index is 12.3. The van der Waals surface area contributed by atoms with Crippen LogP contribution in [0.4, 0.5) is 0 Å². The predicted octanol–water partition coefficient (Wildman–Crippen LogP) is 4.47. The van der Waals surface area contributed by atoms with E-state index in [1.807, 2.05) is 12.1 Å². The molecule has 120 valence electrons. The Morgan fingerprint density at radius 1 is 1.14 bits per heavy atom. The van der Waals surface area contributed by atoms with Crippen LogP contribution in [0.15, 0.2) is 29.2 Å². The van der Waals surface area contributed by atoms with E-state index in [1.165, 1.54) is 12.8 Å². The van der Waals surface area contributed by atoms with Gasteiger partial charge in [0.2, 0.25) is 10.0 Å². The molecule has 0 bridgehead atoms. The molecular formula is C16H26BrNO2S. The summed E-state index contributed by atoms with van der Waals surface area (Å²) in [5.74, 6) is 0. The standard InChI is InChI=1S/C16H26BrNO2S/c1-4-5-6-11-16(2,3)13-18-21(19,20)15-9-7-14(12-17)8-10-15/h7-10,18H,4-6,11-13H2,1-3H3. The zero-order chi connectivity index (χ0) is 15.9. The van der Waals surface area contributed by atoms with Crippen molar-refractivity contribution in [2.75, 3.05) is 6.54 Å². The smallest absolute Gasteiger partial charge is 0.211 e. The maximum atomic E-state index is 12.3. The van der Waals surface area contributed by atoms with E-state index in [-0.39, 0.29) is 5.41 Å². The van der Waals surface area contributed by atoms with E-state index in [0.29, 0.717) is 11.4 Å². The van der Waals surface area contributed by atoms with Crippen LogP contribution < -0.4 is 4.72 Å². The number of rotatable bonds is 9. The molecule has 0 saturated carbocycles. The second-order valence-corrected chi connectivity index (χ2v) is 8.55. The summed E-state index contributed by atoms with van der Waals surface area (Å²) in [5, 5.41) is 0.727. The SMILES string of the molecule is CCCCCC(C)(C)CNS(=O)(=O)c1ccc(CBr)cc1. The molecule has 0 unspecified atom stereocenters. The fraction of sp³-hybridized carbons (Fsp3) is 0.625. The second-order valence-electron chi connectivity index (χ2n) is 6.22. The fourth-order valence-corrected chi connectivity index (χ4v) is 3.69. The Morgan fingerprint density at radius 3 is 2.29 bits per heavy atom. The summed E-state index contributed by atoms with van der Waals surface area (Å²) in [6.45, 7) is 6.86. The Morgan fingerprint density at radius 2 is 1.76 bits per heavy atom. The lowest BCUT2D eigenvalue weighted by atomic mass is 9.87. The van der Waals surface area contributed by atoms with Crippen molar-refractivity contribution in [1.29, 1.82) is 0 Å². The first-order chi connectivity index (χ1) is 9.80. The van der Waals surface area contributed by atoms with Gasteiger partial charge >= 0.3 is 0 Å². The van der Waals surface area contributed by atoms with Crippen LogP contribution in [0.2, 0.25) is 0 Å². The third-order valence-corrected chi connectivity index (χ3v) is 5.65. The number of unbranched alkanes of at least 4 members (excludes halogenated alkanes) is 2. The normalized spacial score (nSPS) is 12.6. The van der Waals surface area contributed by atoms with Crippen molar-refractivity contribution in [3.8, 4) is 0 Å². The van der Waals surface area contributed by atoms with Gasteiger partial charge in [0.1, 0.15) is 0 Å². The van der Waals surface area contributed by atoms with Gasteiger partial charge in [-0.3, -0.25) is 0 Å². The van der Waals surface area contributed by atoms with Crippen LogP contribution in [-0.2, 0) is 15.4 Å². The van der Waals surface area contributed by atoms with Crippen LogP contribution in [0.3, 0.4) is 0 Å². The predicted molar refractivity (Wildman–Crippen MR) is 92.2 cm³/mol. The largest absolute Gasteiger partial charge is 0.240 e. The minimum absolute atomic E-state index is 0.0158. The zero-order valence-electron chi connectivity index (χ0n) is 13.2. The van der Waals surface area contributed by atoms with Gasteiger partial charge in [-0.05, 0) is 29.5 Å². The van der Waals surface area contributed by atoms with Crippen molar-refractivity contribution in [1.82, 2.24) is 4.72 Å². The number of sulfonamides is 1. The molecule has 0 spiro atoms. The molecule has 3 nitrogen and oxygen atoms in total. The average molecular weight is 376 g/mol. The number of alkyl halides is 1. The Bertz CT molecular complexity index is 524. The van der Waals surface area contributed by atoms with E-state index in [1.54, 1.807) is 12.1 Å². The van der Waals surface area contributed by atoms with Crippen molar-refractivity contribution in [2.24, 2.45) is 5.41 Å². The van der Waals surface area contributed by atoms with E-state index in [9.17, 15) is 8.42 Å². The summed E-state index contributed by atoms with van der Waals surface area (Å²) in [6, 6.07) is 6.97. The summed E-state index contributed by atoms with van der Waals surface area (Å²) >= 11 is 3.35. The highest BCUT2D eigenvalue weighted by atomic mass is 79.9. The molecular weight excluding hydrogens is 350 g/mol. The van der Waals surface area contributed by atoms with Gasteiger partial charge in [0, 0.05) is 11.9 Å². The van der Waals surface area contributed by atoms with Crippen molar-refractivity contribution >= 4 is 26.0 Å². The molecule has 0 heterocycles. The van der Waals surface area contributed by atoms with E-state index < -0.39 is 10.0 Å². The molecule has 1 aromatic rings. The van der Waals surface area contributed by atoms with Gasteiger partial charge in [0.15, 0.2) is 0 Å². The molecule has 0 radical (unpaired) electrons. The lowest BCUT2D eigenvalue weighted by Gasteiger charge is -2.24. The summed E-state index contributed by atoms with van der Waals surface area (Å²) in [5.41, 5.74) is 1.05. The van der Waals surface area contributed by atoms with Gasteiger partial charge in [0.05, 0.1) is 4.90 Å². The van der Waals surface area contributed by atoms with Gasteiger partial charge in [-0.15, -0.1) is 0 Å². The molecule has 0 aliphatic heterocycles. The molecule has 1 N–H and O–H groups in total. The number of hydrogen-bond acceptors (Lipinski definition) is 2. The van der Waals surface area contributed by atoms with Gasteiger partial charge in [-0.25, -0.2) is 13.1 Å². The Balaban J connectivity index is 2.63. The van der Waals surface area contributed by atoms with Crippen LogP contribution in [0.25, 0.3) is 0 Å². The number of benzene rings is 1. The first-order valence-electron chi connectivity index (χ1n) is 7.45. The highest BCUT2D eigenvalue weighted by Gasteiger charge is 2.21. The molecule has 1 rings (SSSR count). The number of halogens is 1. The summed E-state index contributed by atoms with van der Waals surface area (Å²) in [6.07, 6.45) is 4.56. The lowest BCUT2D eigenvalue weighted by molar-refractivity contribution is 0.320. The number of hydrogen-bond donors (Lipinski definition) is 1. The molecule has 0 aliphatic carbocycles. The highest BCUT2D eigenvalue weighted by molar-refractivity contribution is 9.08. The Hall–Kier alpha value is -0.390. The summed E-state index contributed by atoms with van der Waals surface area (Å²) in [7, 11) is -3.41. The first-order valence-corrected chi connectivity index (χ1v) is 10.1.